The Morgan fingerprint density at radius 1 is 1.17 bits per heavy atom. The van der Waals surface area contributed by atoms with E-state index in [1.54, 1.807) is 12.1 Å². The Labute approximate surface area is 150 Å². The van der Waals surface area contributed by atoms with E-state index in [9.17, 15) is 4.79 Å². The minimum atomic E-state index is 0.0318. The van der Waals surface area contributed by atoms with E-state index in [2.05, 4.69) is 0 Å². The summed E-state index contributed by atoms with van der Waals surface area (Å²) in [5.41, 5.74) is 2.33. The van der Waals surface area contributed by atoms with E-state index in [0.29, 0.717) is 35.5 Å². The smallest absolute Gasteiger partial charge is 0.264 e. The highest BCUT2D eigenvalue weighted by atomic mass is 35.5. The molecule has 0 atom stereocenters. The maximum Gasteiger partial charge on any atom is 0.264 e. The molecule has 0 spiro atoms. The summed E-state index contributed by atoms with van der Waals surface area (Å²) in [6.07, 6.45) is 0.812. The van der Waals surface area contributed by atoms with Crippen LogP contribution in [-0.2, 0) is 13.0 Å². The summed E-state index contributed by atoms with van der Waals surface area (Å²) in [6.45, 7) is 6.36. The quantitative estimate of drug-likeness (QED) is 0.788. The lowest BCUT2D eigenvalue weighted by atomic mass is 9.98. The molecule has 0 fully saturated rings. The summed E-state index contributed by atoms with van der Waals surface area (Å²) in [7, 11) is 0. The van der Waals surface area contributed by atoms with Gasteiger partial charge in [0.15, 0.2) is 11.5 Å². The highest BCUT2D eigenvalue weighted by molar-refractivity contribution is 7.17. The molecule has 128 valence electrons. The van der Waals surface area contributed by atoms with Gasteiger partial charge in [-0.15, -0.1) is 11.3 Å². The van der Waals surface area contributed by atoms with Crippen LogP contribution in [0.3, 0.4) is 0 Å². The van der Waals surface area contributed by atoms with Crippen LogP contribution in [-0.4, -0.2) is 30.6 Å². The normalized spacial score (nSPS) is 13.5. The molecule has 0 bridgehead atoms. The molecule has 1 aliphatic heterocycles. The second-order valence-corrected chi connectivity index (χ2v) is 7.23. The predicted octanol–water partition coefficient (Wildman–Crippen LogP) is 4.40. The van der Waals surface area contributed by atoms with E-state index < -0.39 is 0 Å². The highest BCUT2D eigenvalue weighted by Crippen LogP contribution is 2.34. The largest absolute Gasteiger partial charge is 0.490 e. The Kier molecular flexibility index (Phi) is 5.31. The molecule has 0 N–H and O–H groups in total. The Bertz CT molecular complexity index is 744. The van der Waals surface area contributed by atoms with Crippen molar-refractivity contribution in [3.8, 4) is 11.5 Å². The van der Waals surface area contributed by atoms with Crippen LogP contribution in [0, 0.1) is 0 Å². The number of hydrogen-bond acceptors (Lipinski definition) is 4. The average molecular weight is 366 g/mol. The van der Waals surface area contributed by atoms with Gasteiger partial charge >= 0.3 is 0 Å². The standard InChI is InChI=1S/C18H20ClNO3S/c1-3-22-14-9-12-7-8-20(11-13(12)10-15(14)23-4-2)18(21)16-5-6-17(19)24-16/h5-6,9-10H,3-4,7-8,11H2,1-2H3. The van der Waals surface area contributed by atoms with Crippen molar-refractivity contribution in [3.05, 3.63) is 44.6 Å². The van der Waals surface area contributed by atoms with E-state index in [-0.39, 0.29) is 5.91 Å². The molecule has 0 unspecified atom stereocenters. The molecule has 0 aliphatic carbocycles. The summed E-state index contributed by atoms with van der Waals surface area (Å²) in [4.78, 5) is 15.2. The first-order valence-electron chi connectivity index (χ1n) is 8.08. The van der Waals surface area contributed by atoms with Gasteiger partial charge in [-0.1, -0.05) is 11.6 Å². The fraction of sp³-hybridized carbons (Fsp3) is 0.389. The molecule has 6 heteroatoms. The topological polar surface area (TPSA) is 38.8 Å². The Morgan fingerprint density at radius 2 is 1.83 bits per heavy atom. The average Bonchev–Trinajstić information content (AvgIpc) is 3.01. The second-order valence-electron chi connectivity index (χ2n) is 5.51. The van der Waals surface area contributed by atoms with Crippen molar-refractivity contribution in [2.75, 3.05) is 19.8 Å². The predicted molar refractivity (Wildman–Crippen MR) is 96.6 cm³/mol. The molecule has 1 aromatic carbocycles. The number of carbonyl (C=O) groups excluding carboxylic acids is 1. The first-order chi connectivity index (χ1) is 11.6. The number of ether oxygens (including phenoxy) is 2. The molecule has 1 aliphatic rings. The molecule has 0 saturated heterocycles. The van der Waals surface area contributed by atoms with Gasteiger partial charge in [-0.2, -0.15) is 0 Å². The molecule has 4 nitrogen and oxygen atoms in total. The number of halogens is 1. The van der Waals surface area contributed by atoms with Crippen LogP contribution in [0.4, 0.5) is 0 Å². The lowest BCUT2D eigenvalue weighted by molar-refractivity contribution is 0.0739. The minimum absolute atomic E-state index is 0.0318. The van der Waals surface area contributed by atoms with Crippen molar-refractivity contribution in [1.82, 2.24) is 4.90 Å². The third kappa shape index (κ3) is 3.52. The fourth-order valence-electron chi connectivity index (χ4n) is 2.86. The zero-order chi connectivity index (χ0) is 17.1. The Hall–Kier alpha value is -1.72. The van der Waals surface area contributed by atoms with Crippen LogP contribution in [0.5, 0.6) is 11.5 Å². The van der Waals surface area contributed by atoms with E-state index in [4.69, 9.17) is 21.1 Å². The number of benzene rings is 1. The van der Waals surface area contributed by atoms with Gasteiger partial charge in [-0.3, -0.25) is 4.79 Å². The summed E-state index contributed by atoms with van der Waals surface area (Å²) >= 11 is 7.27. The number of hydrogen-bond donors (Lipinski definition) is 0. The van der Waals surface area contributed by atoms with Gasteiger partial charge in [-0.25, -0.2) is 0 Å². The summed E-state index contributed by atoms with van der Waals surface area (Å²) < 4.78 is 12.0. The van der Waals surface area contributed by atoms with Gasteiger partial charge in [-0.05, 0) is 55.7 Å². The van der Waals surface area contributed by atoms with E-state index in [1.807, 2.05) is 30.9 Å². The van der Waals surface area contributed by atoms with Crippen LogP contribution in [0.2, 0.25) is 4.34 Å². The van der Waals surface area contributed by atoms with Crippen molar-refractivity contribution in [3.63, 3.8) is 0 Å². The lowest BCUT2D eigenvalue weighted by Crippen LogP contribution is -2.35. The molecule has 1 amide bonds. The molecule has 2 heterocycles. The number of thiophene rings is 1. The Balaban J connectivity index is 1.84. The first kappa shape index (κ1) is 17.1. The molecule has 1 aromatic heterocycles. The maximum atomic E-state index is 12.6. The van der Waals surface area contributed by atoms with E-state index in [0.717, 1.165) is 23.5 Å². The SMILES string of the molecule is CCOc1cc2c(cc1OCC)CN(C(=O)c1ccc(Cl)s1)CC2. The first-order valence-corrected chi connectivity index (χ1v) is 9.27. The molecule has 0 radical (unpaired) electrons. The molecule has 24 heavy (non-hydrogen) atoms. The third-order valence-corrected chi connectivity index (χ3v) is 5.17. The molecular weight excluding hydrogens is 346 g/mol. The second kappa shape index (κ2) is 7.45. The molecule has 3 rings (SSSR count). The van der Waals surface area contributed by atoms with Crippen LogP contribution in [0.1, 0.15) is 34.6 Å². The number of carbonyl (C=O) groups is 1. The van der Waals surface area contributed by atoms with E-state index >= 15 is 0 Å². The minimum Gasteiger partial charge on any atom is -0.490 e. The fourth-order valence-corrected chi connectivity index (χ4v) is 3.87. The summed E-state index contributed by atoms with van der Waals surface area (Å²) in [6, 6.07) is 7.60. The van der Waals surface area contributed by atoms with Crippen molar-refractivity contribution in [1.29, 1.82) is 0 Å². The number of rotatable bonds is 5. The van der Waals surface area contributed by atoms with Gasteiger partial charge in [0.25, 0.3) is 5.91 Å². The monoisotopic (exact) mass is 365 g/mol. The number of nitrogens with zero attached hydrogens (tertiary/aromatic N) is 1. The number of fused-ring (bicyclic) bond motifs is 1. The van der Waals surface area contributed by atoms with Crippen LogP contribution >= 0.6 is 22.9 Å². The van der Waals surface area contributed by atoms with Gasteiger partial charge < -0.3 is 14.4 Å². The van der Waals surface area contributed by atoms with Crippen LogP contribution in [0.25, 0.3) is 0 Å². The highest BCUT2D eigenvalue weighted by Gasteiger charge is 2.24. The van der Waals surface area contributed by atoms with Gasteiger partial charge in [0.05, 0.1) is 22.4 Å². The zero-order valence-corrected chi connectivity index (χ0v) is 15.4. The van der Waals surface area contributed by atoms with Crippen molar-refractivity contribution < 1.29 is 14.3 Å². The molecular formula is C18H20ClNO3S. The summed E-state index contributed by atoms with van der Waals surface area (Å²) in [5, 5.41) is 0. The molecule has 2 aromatic rings. The summed E-state index contributed by atoms with van der Waals surface area (Å²) in [5.74, 6) is 1.55. The zero-order valence-electron chi connectivity index (χ0n) is 13.8. The Morgan fingerprint density at radius 3 is 2.42 bits per heavy atom. The van der Waals surface area contributed by atoms with Crippen molar-refractivity contribution >= 4 is 28.8 Å². The van der Waals surface area contributed by atoms with E-state index in [1.165, 1.54) is 16.9 Å². The number of amides is 1. The van der Waals surface area contributed by atoms with Crippen LogP contribution < -0.4 is 9.47 Å². The lowest BCUT2D eigenvalue weighted by Gasteiger charge is -2.29. The van der Waals surface area contributed by atoms with Crippen molar-refractivity contribution in [2.45, 2.75) is 26.8 Å². The third-order valence-electron chi connectivity index (χ3n) is 3.95. The van der Waals surface area contributed by atoms with Gasteiger partial charge in [0.1, 0.15) is 0 Å². The maximum absolute atomic E-state index is 12.6. The van der Waals surface area contributed by atoms with Crippen LogP contribution in [0.15, 0.2) is 24.3 Å². The van der Waals surface area contributed by atoms with Gasteiger partial charge in [0.2, 0.25) is 0 Å². The van der Waals surface area contributed by atoms with Gasteiger partial charge in [0, 0.05) is 13.1 Å². The molecule has 0 saturated carbocycles. The van der Waals surface area contributed by atoms with Crippen molar-refractivity contribution in [2.24, 2.45) is 0 Å².